The summed E-state index contributed by atoms with van der Waals surface area (Å²) in [4.78, 5) is 4.71. The van der Waals surface area contributed by atoms with Crippen LogP contribution in [0.5, 0.6) is 11.5 Å². The summed E-state index contributed by atoms with van der Waals surface area (Å²) in [6.07, 6.45) is 1.87. The number of hydrogen-bond acceptors (Lipinski definition) is 3. The van der Waals surface area contributed by atoms with Crippen molar-refractivity contribution in [3.05, 3.63) is 200 Å². The van der Waals surface area contributed by atoms with Crippen LogP contribution in [-0.4, -0.2) is 4.98 Å². The van der Waals surface area contributed by atoms with Crippen molar-refractivity contribution in [2.24, 2.45) is 0 Å². The molecule has 11 aromatic rings. The molecule has 0 saturated heterocycles. The van der Waals surface area contributed by atoms with Gasteiger partial charge in [-0.05, 0) is 119 Å². The van der Waals surface area contributed by atoms with Gasteiger partial charge < -0.3 is 4.74 Å². The summed E-state index contributed by atoms with van der Waals surface area (Å²) in [6, 6.07) is 69.4. The third-order valence-electron chi connectivity index (χ3n) is 12.2. The van der Waals surface area contributed by atoms with E-state index >= 15 is 0 Å². The van der Waals surface area contributed by atoms with E-state index in [1.807, 2.05) is 42.6 Å². The summed E-state index contributed by atoms with van der Waals surface area (Å²) in [5.74, 6) is 1.60. The number of fused-ring (bicyclic) bond motifs is 8. The van der Waals surface area contributed by atoms with Crippen LogP contribution in [-0.2, 0) is 0 Å². The van der Waals surface area contributed by atoms with Crippen LogP contribution in [0, 0.1) is 11.3 Å². The predicted octanol–water partition coefficient (Wildman–Crippen LogP) is 15.2. The summed E-state index contributed by atoms with van der Waals surface area (Å²) in [6.45, 7) is 0. The van der Waals surface area contributed by atoms with E-state index in [1.54, 1.807) is 0 Å². The van der Waals surface area contributed by atoms with Crippen LogP contribution < -0.4 is 4.74 Å². The van der Waals surface area contributed by atoms with Crippen molar-refractivity contribution in [1.29, 1.82) is 5.26 Å². The molecule has 0 spiro atoms. The zero-order valence-corrected chi connectivity index (χ0v) is 31.8. The Morgan fingerprint density at radius 1 is 0.373 bits per heavy atom. The Labute approximate surface area is 340 Å². The van der Waals surface area contributed by atoms with Gasteiger partial charge in [0.2, 0.25) is 0 Å². The molecule has 0 fully saturated rings. The van der Waals surface area contributed by atoms with E-state index in [2.05, 4.69) is 158 Å². The summed E-state index contributed by atoms with van der Waals surface area (Å²) in [5.41, 5.74) is 13.1. The van der Waals surface area contributed by atoms with Gasteiger partial charge in [0.25, 0.3) is 0 Å². The van der Waals surface area contributed by atoms with Crippen LogP contribution in [0.2, 0.25) is 0 Å². The van der Waals surface area contributed by atoms with Crippen molar-refractivity contribution in [3.63, 3.8) is 0 Å². The largest absolute Gasteiger partial charge is 0.456 e. The highest BCUT2D eigenvalue weighted by atomic mass is 16.5. The zero-order valence-electron chi connectivity index (χ0n) is 31.8. The Balaban J connectivity index is 0.939. The molecule has 272 valence electrons. The predicted molar refractivity (Wildman–Crippen MR) is 244 cm³/mol. The van der Waals surface area contributed by atoms with Crippen LogP contribution in [0.4, 0.5) is 0 Å². The van der Waals surface area contributed by atoms with Crippen molar-refractivity contribution in [2.75, 3.05) is 0 Å². The molecule has 2 heterocycles. The minimum absolute atomic E-state index is 0.656. The molecule has 0 atom stereocenters. The first-order chi connectivity index (χ1) is 29.2. The normalized spacial score (nSPS) is 11.8. The lowest BCUT2D eigenvalue weighted by Gasteiger charge is -2.22. The van der Waals surface area contributed by atoms with Gasteiger partial charge in [0.1, 0.15) is 11.5 Å². The molecule has 3 nitrogen and oxygen atoms in total. The lowest BCUT2D eigenvalue weighted by Crippen LogP contribution is -1.98. The minimum atomic E-state index is 0.656. The molecule has 1 aliphatic heterocycles. The average molecular weight is 749 g/mol. The highest BCUT2D eigenvalue weighted by Gasteiger charge is 2.22. The fourth-order valence-electron chi connectivity index (χ4n) is 9.34. The molecule has 59 heavy (non-hydrogen) atoms. The Morgan fingerprint density at radius 2 is 0.932 bits per heavy atom. The molecule has 0 amide bonds. The lowest BCUT2D eigenvalue weighted by molar-refractivity contribution is 0.487. The van der Waals surface area contributed by atoms with Gasteiger partial charge in [-0.1, -0.05) is 146 Å². The van der Waals surface area contributed by atoms with Crippen molar-refractivity contribution >= 4 is 54.0 Å². The third-order valence-corrected chi connectivity index (χ3v) is 12.2. The first-order valence-corrected chi connectivity index (χ1v) is 19.9. The van der Waals surface area contributed by atoms with Gasteiger partial charge in [-0.3, -0.25) is 4.98 Å². The van der Waals surface area contributed by atoms with E-state index in [-0.39, 0.29) is 0 Å². The Morgan fingerprint density at radius 3 is 1.61 bits per heavy atom. The van der Waals surface area contributed by atoms with E-state index in [1.165, 1.54) is 54.6 Å². The maximum Gasteiger partial charge on any atom is 0.135 e. The number of aromatic nitrogens is 1. The first kappa shape index (κ1) is 33.1. The topological polar surface area (TPSA) is 45.9 Å². The Hall–Kier alpha value is -8.06. The molecular weight excluding hydrogens is 717 g/mol. The summed E-state index contributed by atoms with van der Waals surface area (Å²) in [5, 5.41) is 20.2. The number of benzene rings is 10. The van der Waals surface area contributed by atoms with Crippen molar-refractivity contribution in [2.45, 2.75) is 0 Å². The highest BCUT2D eigenvalue weighted by molar-refractivity contribution is 6.24. The highest BCUT2D eigenvalue weighted by Crippen LogP contribution is 2.49. The van der Waals surface area contributed by atoms with Crippen LogP contribution in [0.3, 0.4) is 0 Å². The number of pyridine rings is 1. The summed E-state index contributed by atoms with van der Waals surface area (Å²) >= 11 is 0. The Kier molecular flexibility index (Phi) is 7.29. The van der Waals surface area contributed by atoms with Gasteiger partial charge >= 0.3 is 0 Å². The number of hydrogen-bond donors (Lipinski definition) is 0. The van der Waals surface area contributed by atoms with E-state index in [9.17, 15) is 5.26 Å². The van der Waals surface area contributed by atoms with Gasteiger partial charge in [-0.2, -0.15) is 5.26 Å². The van der Waals surface area contributed by atoms with Crippen LogP contribution in [0.25, 0.3) is 110 Å². The standard InChI is InChI=1S/C56H32N2O/c57-33-40-26-28-48-47-27-25-39(30-54(47)59-53-16-6-14-41(40)55(48)53)34-17-19-36(20-18-34)49-31-51-46-13-4-2-11-44(46)50(32-52(51)45-12-3-1-10-43(45)49)37-23-21-35(22-24-37)42-15-5-8-38-9-7-29-58-56(38)42/h1-32H. The molecule has 1 aromatic heterocycles. The maximum absolute atomic E-state index is 9.71. The minimum Gasteiger partial charge on any atom is -0.456 e. The van der Waals surface area contributed by atoms with Crippen LogP contribution in [0.15, 0.2) is 194 Å². The molecule has 0 aliphatic carbocycles. The monoisotopic (exact) mass is 748 g/mol. The van der Waals surface area contributed by atoms with E-state index in [0.717, 1.165) is 66.6 Å². The molecule has 0 saturated carbocycles. The van der Waals surface area contributed by atoms with Crippen molar-refractivity contribution in [1.82, 2.24) is 4.98 Å². The number of ether oxygens (including phenoxy) is 1. The van der Waals surface area contributed by atoms with Crippen LogP contribution >= 0.6 is 0 Å². The van der Waals surface area contributed by atoms with E-state index in [0.29, 0.717) is 5.56 Å². The van der Waals surface area contributed by atoms with Gasteiger partial charge in [-0.15, -0.1) is 0 Å². The van der Waals surface area contributed by atoms with Crippen LogP contribution in [0.1, 0.15) is 5.56 Å². The fourth-order valence-corrected chi connectivity index (χ4v) is 9.34. The second kappa shape index (κ2) is 13.0. The molecular formula is C56H32N2O. The number of nitrogens with zero attached hydrogens (tertiary/aromatic N) is 2. The lowest BCUT2D eigenvalue weighted by atomic mass is 9.87. The number of rotatable bonds is 4. The molecule has 3 heteroatoms. The second-order valence-electron chi connectivity index (χ2n) is 15.3. The number of para-hydroxylation sites is 1. The quantitative estimate of drug-likeness (QED) is 0.168. The smallest absolute Gasteiger partial charge is 0.135 e. The maximum atomic E-state index is 9.71. The second-order valence-corrected chi connectivity index (χ2v) is 15.3. The third kappa shape index (κ3) is 5.17. The van der Waals surface area contributed by atoms with E-state index < -0.39 is 0 Å². The van der Waals surface area contributed by atoms with Gasteiger partial charge in [0, 0.05) is 33.5 Å². The number of nitriles is 1. The van der Waals surface area contributed by atoms with Gasteiger partial charge in [-0.25, -0.2) is 0 Å². The molecule has 0 bridgehead atoms. The van der Waals surface area contributed by atoms with Crippen molar-refractivity contribution < 1.29 is 4.74 Å². The van der Waals surface area contributed by atoms with E-state index in [4.69, 9.17) is 9.72 Å². The first-order valence-electron chi connectivity index (χ1n) is 19.9. The zero-order chi connectivity index (χ0) is 39.0. The molecule has 0 N–H and O–H groups in total. The van der Waals surface area contributed by atoms with Crippen molar-refractivity contribution in [3.8, 4) is 73.2 Å². The Bertz CT molecular complexity index is 3570. The average Bonchev–Trinajstić information content (AvgIpc) is 3.31. The molecule has 0 radical (unpaired) electrons. The van der Waals surface area contributed by atoms with Gasteiger partial charge in [0.05, 0.1) is 17.1 Å². The molecule has 1 aliphatic rings. The SMILES string of the molecule is N#Cc1ccc2c3c(cccc13)Oc1cc(-c3ccc(-c4cc5c6ccccc6c(-c6ccc(-c7cccc8cccnc78)cc6)cc5c5ccccc45)cc3)ccc1-2. The fraction of sp³-hybridized carbons (Fsp3) is 0. The summed E-state index contributed by atoms with van der Waals surface area (Å²) < 4.78 is 6.49. The molecule has 12 rings (SSSR count). The molecule has 0 unspecified atom stereocenters. The van der Waals surface area contributed by atoms with Gasteiger partial charge in [0.15, 0.2) is 0 Å². The summed E-state index contributed by atoms with van der Waals surface area (Å²) in [7, 11) is 0. The molecule has 10 aromatic carbocycles.